The second-order valence-electron chi connectivity index (χ2n) is 6.72. The Morgan fingerprint density at radius 3 is 2.61 bits per heavy atom. The molecule has 1 N–H and O–H groups in total. The predicted octanol–water partition coefficient (Wildman–Crippen LogP) is 1.81. The average Bonchev–Trinajstić information content (AvgIpc) is 3.14. The van der Waals surface area contributed by atoms with Gasteiger partial charge in [-0.3, -0.25) is 4.79 Å². The summed E-state index contributed by atoms with van der Waals surface area (Å²) in [7, 11) is -3.62. The van der Waals surface area contributed by atoms with Crippen LogP contribution in [0.1, 0.15) is 28.2 Å². The number of hydrogen-bond acceptors (Lipinski definition) is 7. The molecule has 0 bridgehead atoms. The minimum absolute atomic E-state index is 0.0549. The summed E-state index contributed by atoms with van der Waals surface area (Å²) in [6.07, 6.45) is 1.13. The molecule has 2 aliphatic heterocycles. The van der Waals surface area contributed by atoms with E-state index in [1.54, 1.807) is 24.6 Å². The molecule has 0 saturated carbocycles. The standard InChI is InChI=1S/C18H21N3O5S2/c1-12-17(27-11-19-12)18(22)20-13-4-6-21(7-5-13)28(23,24)14-2-3-15-16(10-14)26-9-8-25-15/h2-3,10-11,13H,4-9H2,1H3,(H,20,22). The van der Waals surface area contributed by atoms with Crippen LogP contribution in [0, 0.1) is 6.92 Å². The number of carbonyl (C=O) groups is 1. The van der Waals surface area contributed by atoms with E-state index in [9.17, 15) is 13.2 Å². The number of aryl methyl sites for hydroxylation is 1. The van der Waals surface area contributed by atoms with Crippen LogP contribution >= 0.6 is 11.3 Å². The van der Waals surface area contributed by atoms with Crippen molar-refractivity contribution in [2.45, 2.75) is 30.7 Å². The molecule has 3 heterocycles. The SMILES string of the molecule is Cc1ncsc1C(=O)NC1CCN(S(=O)(=O)c2ccc3c(c2)OCCO3)CC1. The van der Waals surface area contributed by atoms with Crippen LogP contribution in [0.25, 0.3) is 0 Å². The summed E-state index contributed by atoms with van der Waals surface area (Å²) in [5.41, 5.74) is 2.35. The molecule has 0 atom stereocenters. The highest BCUT2D eigenvalue weighted by molar-refractivity contribution is 7.89. The van der Waals surface area contributed by atoms with E-state index < -0.39 is 10.0 Å². The Morgan fingerprint density at radius 1 is 1.21 bits per heavy atom. The largest absolute Gasteiger partial charge is 0.486 e. The molecule has 1 aromatic heterocycles. The highest BCUT2D eigenvalue weighted by Gasteiger charge is 2.31. The van der Waals surface area contributed by atoms with E-state index in [1.165, 1.54) is 21.7 Å². The molecular weight excluding hydrogens is 402 g/mol. The number of amides is 1. The topological polar surface area (TPSA) is 97.8 Å². The number of ether oxygens (including phenoxy) is 2. The number of rotatable bonds is 4. The molecule has 10 heteroatoms. The maximum absolute atomic E-state index is 13.0. The molecule has 1 saturated heterocycles. The highest BCUT2D eigenvalue weighted by Crippen LogP contribution is 2.33. The monoisotopic (exact) mass is 423 g/mol. The lowest BCUT2D eigenvalue weighted by molar-refractivity contribution is 0.0927. The lowest BCUT2D eigenvalue weighted by Crippen LogP contribution is -2.46. The number of hydrogen-bond donors (Lipinski definition) is 1. The van der Waals surface area contributed by atoms with Crippen molar-refractivity contribution >= 4 is 27.3 Å². The molecule has 0 unspecified atom stereocenters. The van der Waals surface area contributed by atoms with E-state index in [0.717, 1.165) is 0 Å². The van der Waals surface area contributed by atoms with Gasteiger partial charge >= 0.3 is 0 Å². The van der Waals surface area contributed by atoms with E-state index >= 15 is 0 Å². The van der Waals surface area contributed by atoms with Gasteiger partial charge in [0.2, 0.25) is 10.0 Å². The minimum Gasteiger partial charge on any atom is -0.486 e. The minimum atomic E-state index is -3.62. The maximum atomic E-state index is 13.0. The Bertz CT molecular complexity index is 981. The Hall–Kier alpha value is -2.17. The Kier molecular flexibility index (Phi) is 5.26. The zero-order valence-electron chi connectivity index (χ0n) is 15.4. The number of piperidine rings is 1. The Balaban J connectivity index is 1.40. The summed E-state index contributed by atoms with van der Waals surface area (Å²) in [6, 6.07) is 4.64. The summed E-state index contributed by atoms with van der Waals surface area (Å²) >= 11 is 1.31. The van der Waals surface area contributed by atoms with Gasteiger partial charge in [0.25, 0.3) is 5.91 Å². The maximum Gasteiger partial charge on any atom is 0.263 e. The lowest BCUT2D eigenvalue weighted by Gasteiger charge is -2.31. The van der Waals surface area contributed by atoms with Gasteiger partial charge in [-0.15, -0.1) is 11.3 Å². The lowest BCUT2D eigenvalue weighted by atomic mass is 10.1. The summed E-state index contributed by atoms with van der Waals surface area (Å²) in [4.78, 5) is 17.2. The number of nitrogens with one attached hydrogen (secondary N) is 1. The third kappa shape index (κ3) is 3.71. The van der Waals surface area contributed by atoms with Gasteiger partial charge in [-0.25, -0.2) is 13.4 Å². The second-order valence-corrected chi connectivity index (χ2v) is 9.52. The quantitative estimate of drug-likeness (QED) is 0.805. The van der Waals surface area contributed by atoms with Crippen LogP contribution in [-0.2, 0) is 10.0 Å². The smallest absolute Gasteiger partial charge is 0.263 e. The number of benzene rings is 1. The number of fused-ring (bicyclic) bond motifs is 1. The van der Waals surface area contributed by atoms with Crippen LogP contribution in [0.15, 0.2) is 28.6 Å². The van der Waals surface area contributed by atoms with Crippen molar-refractivity contribution in [2.24, 2.45) is 0 Å². The molecule has 150 valence electrons. The zero-order valence-corrected chi connectivity index (χ0v) is 17.0. The zero-order chi connectivity index (χ0) is 19.7. The van der Waals surface area contributed by atoms with Crippen molar-refractivity contribution < 1.29 is 22.7 Å². The van der Waals surface area contributed by atoms with Gasteiger partial charge in [0.1, 0.15) is 18.1 Å². The molecule has 1 aromatic carbocycles. The molecule has 0 aliphatic carbocycles. The summed E-state index contributed by atoms with van der Waals surface area (Å²) < 4.78 is 38.3. The highest BCUT2D eigenvalue weighted by atomic mass is 32.2. The van der Waals surface area contributed by atoms with Crippen molar-refractivity contribution in [3.8, 4) is 11.5 Å². The fourth-order valence-corrected chi connectivity index (χ4v) is 5.54. The summed E-state index contributed by atoms with van der Waals surface area (Å²) in [5, 5.41) is 2.99. The van der Waals surface area contributed by atoms with Crippen molar-refractivity contribution in [3.05, 3.63) is 34.3 Å². The van der Waals surface area contributed by atoms with Gasteiger partial charge in [0.05, 0.1) is 16.1 Å². The van der Waals surface area contributed by atoms with Crippen LogP contribution in [0.2, 0.25) is 0 Å². The second kappa shape index (κ2) is 7.69. The molecule has 4 rings (SSSR count). The first kappa shape index (κ1) is 19.2. The fourth-order valence-electron chi connectivity index (χ4n) is 3.34. The third-order valence-electron chi connectivity index (χ3n) is 4.89. The van der Waals surface area contributed by atoms with Crippen molar-refractivity contribution in [1.29, 1.82) is 0 Å². The molecule has 2 aliphatic rings. The predicted molar refractivity (Wildman–Crippen MR) is 104 cm³/mol. The number of carbonyl (C=O) groups excluding carboxylic acids is 1. The first-order valence-electron chi connectivity index (χ1n) is 9.06. The van der Waals surface area contributed by atoms with Crippen molar-refractivity contribution in [2.75, 3.05) is 26.3 Å². The van der Waals surface area contributed by atoms with Crippen LogP contribution < -0.4 is 14.8 Å². The van der Waals surface area contributed by atoms with E-state index in [2.05, 4.69) is 10.3 Å². The molecule has 28 heavy (non-hydrogen) atoms. The molecule has 0 radical (unpaired) electrons. The molecule has 0 spiro atoms. The van der Waals surface area contributed by atoms with Crippen LogP contribution in [0.5, 0.6) is 11.5 Å². The van der Waals surface area contributed by atoms with Crippen LogP contribution in [0.3, 0.4) is 0 Å². The van der Waals surface area contributed by atoms with E-state index in [4.69, 9.17) is 9.47 Å². The molecular formula is C18H21N3O5S2. The van der Waals surface area contributed by atoms with Gasteiger partial charge in [-0.2, -0.15) is 4.31 Å². The number of sulfonamides is 1. The number of nitrogens with zero attached hydrogens (tertiary/aromatic N) is 2. The molecule has 1 fully saturated rings. The number of aromatic nitrogens is 1. The van der Waals surface area contributed by atoms with Crippen LogP contribution in [-0.4, -0.2) is 56.0 Å². The van der Waals surface area contributed by atoms with Gasteiger partial charge in [0.15, 0.2) is 11.5 Å². The first-order chi connectivity index (χ1) is 13.4. The average molecular weight is 424 g/mol. The number of thiazole rings is 1. The van der Waals surface area contributed by atoms with Gasteiger partial charge in [-0.1, -0.05) is 0 Å². The van der Waals surface area contributed by atoms with E-state index in [1.807, 2.05) is 0 Å². The molecule has 1 amide bonds. The Labute approximate surface area is 167 Å². The normalized spacial score (nSPS) is 18.0. The molecule has 8 nitrogen and oxygen atoms in total. The van der Waals surface area contributed by atoms with Gasteiger partial charge in [0, 0.05) is 25.2 Å². The van der Waals surface area contributed by atoms with E-state index in [0.29, 0.717) is 61.2 Å². The summed E-state index contributed by atoms with van der Waals surface area (Å²) in [5.74, 6) is 0.868. The first-order valence-corrected chi connectivity index (χ1v) is 11.4. The van der Waals surface area contributed by atoms with Gasteiger partial charge < -0.3 is 14.8 Å². The van der Waals surface area contributed by atoms with Crippen molar-refractivity contribution in [1.82, 2.24) is 14.6 Å². The fraction of sp³-hybridized carbons (Fsp3) is 0.444. The Morgan fingerprint density at radius 2 is 1.93 bits per heavy atom. The summed E-state index contributed by atoms with van der Waals surface area (Å²) in [6.45, 7) is 3.36. The van der Waals surface area contributed by atoms with Gasteiger partial charge in [-0.05, 0) is 31.9 Å². The van der Waals surface area contributed by atoms with Crippen LogP contribution in [0.4, 0.5) is 0 Å². The third-order valence-corrected chi connectivity index (χ3v) is 7.71. The van der Waals surface area contributed by atoms with E-state index in [-0.39, 0.29) is 16.8 Å². The molecule has 2 aromatic rings. The van der Waals surface area contributed by atoms with Crippen molar-refractivity contribution in [3.63, 3.8) is 0 Å².